The van der Waals surface area contributed by atoms with Crippen LogP contribution in [-0.4, -0.2) is 35.7 Å². The van der Waals surface area contributed by atoms with Crippen LogP contribution in [0.2, 0.25) is 5.02 Å². The van der Waals surface area contributed by atoms with Gasteiger partial charge in [-0.05, 0) is 43.9 Å². The molecule has 0 aliphatic heterocycles. The highest BCUT2D eigenvalue weighted by atomic mass is 35.5. The van der Waals surface area contributed by atoms with Crippen LogP contribution in [0, 0.1) is 5.82 Å². The lowest BCUT2D eigenvalue weighted by Crippen LogP contribution is -2.40. The highest BCUT2D eigenvalue weighted by Gasteiger charge is 2.26. The van der Waals surface area contributed by atoms with E-state index in [1.54, 1.807) is 32.4 Å². The van der Waals surface area contributed by atoms with Crippen molar-refractivity contribution in [1.82, 2.24) is 9.38 Å². The molecule has 2 heterocycles. The summed E-state index contributed by atoms with van der Waals surface area (Å²) in [4.78, 5) is 7.17. The van der Waals surface area contributed by atoms with E-state index in [1.165, 1.54) is 6.07 Å². The minimum Gasteiger partial charge on any atom is -0.496 e. The number of halogens is 2. The molecule has 8 heteroatoms. The first-order valence-electron chi connectivity index (χ1n) is 12.1. The Hall–Kier alpha value is -3.29. The smallest absolute Gasteiger partial charge is 0.141 e. The molecule has 2 aromatic heterocycles. The zero-order valence-corrected chi connectivity index (χ0v) is 21.2. The highest BCUT2D eigenvalue weighted by Crippen LogP contribution is 2.38. The van der Waals surface area contributed by atoms with E-state index >= 15 is 0 Å². The number of imidazole rings is 1. The summed E-state index contributed by atoms with van der Waals surface area (Å²) in [7, 11) is 3.18. The minimum absolute atomic E-state index is 0.192. The first kappa shape index (κ1) is 24.4. The Morgan fingerprint density at radius 2 is 1.81 bits per heavy atom. The van der Waals surface area contributed by atoms with Crippen molar-refractivity contribution in [3.8, 4) is 22.8 Å². The number of benzene rings is 2. The molecule has 0 spiro atoms. The van der Waals surface area contributed by atoms with Gasteiger partial charge in [-0.2, -0.15) is 0 Å². The summed E-state index contributed by atoms with van der Waals surface area (Å²) in [6.07, 6.45) is 7.81. The fraction of sp³-hybridized carbons (Fsp3) is 0.321. The number of methoxy groups -OCH3 is 2. The van der Waals surface area contributed by atoms with Gasteiger partial charge in [-0.3, -0.25) is 0 Å². The van der Waals surface area contributed by atoms with E-state index in [0.29, 0.717) is 28.6 Å². The second-order valence-electron chi connectivity index (χ2n) is 9.25. The van der Waals surface area contributed by atoms with Gasteiger partial charge in [-0.15, -0.1) is 0 Å². The average Bonchev–Trinajstić information content (AvgIpc) is 3.32. The first-order valence-corrected chi connectivity index (χ1v) is 12.5. The molecule has 2 N–H and O–H groups in total. The zero-order chi connectivity index (χ0) is 25.2. The number of ether oxygens (including phenoxy) is 2. The fourth-order valence-corrected chi connectivity index (χ4v) is 5.24. The Labute approximate surface area is 215 Å². The quantitative estimate of drug-likeness (QED) is 0.327. The summed E-state index contributed by atoms with van der Waals surface area (Å²) >= 11 is 6.40. The molecule has 1 saturated carbocycles. The van der Waals surface area contributed by atoms with Gasteiger partial charge in [0.15, 0.2) is 0 Å². The van der Waals surface area contributed by atoms with Gasteiger partial charge in [0.1, 0.15) is 23.0 Å². The van der Waals surface area contributed by atoms with Gasteiger partial charge >= 0.3 is 0 Å². The molecule has 0 radical (unpaired) electrons. The summed E-state index contributed by atoms with van der Waals surface area (Å²) in [5, 5.41) is 0.484. The molecule has 6 nitrogen and oxygen atoms in total. The van der Waals surface area contributed by atoms with Gasteiger partial charge in [-0.25, -0.2) is 9.37 Å². The Morgan fingerprint density at radius 3 is 2.53 bits per heavy atom. The summed E-state index contributed by atoms with van der Waals surface area (Å²) < 4.78 is 27.5. The Bertz CT molecular complexity index is 1370. The first-order chi connectivity index (χ1) is 17.5. The molecule has 5 rings (SSSR count). The largest absolute Gasteiger partial charge is 0.496 e. The number of rotatable bonds is 7. The lowest BCUT2D eigenvalue weighted by atomic mass is 9.90. The fourth-order valence-electron chi connectivity index (χ4n) is 4.99. The molecule has 0 amide bonds. The van der Waals surface area contributed by atoms with Gasteiger partial charge in [0.05, 0.1) is 24.9 Å². The van der Waals surface area contributed by atoms with E-state index in [0.717, 1.165) is 48.3 Å². The second kappa shape index (κ2) is 10.4. The summed E-state index contributed by atoms with van der Waals surface area (Å²) in [6, 6.07) is 15.2. The molecular weight excluding hydrogens is 479 g/mol. The molecule has 0 atom stereocenters. The van der Waals surface area contributed by atoms with Crippen LogP contribution < -0.4 is 20.1 Å². The van der Waals surface area contributed by atoms with Crippen molar-refractivity contribution >= 4 is 22.9 Å². The number of hydrogen-bond acceptors (Lipinski definition) is 5. The van der Waals surface area contributed by atoms with Crippen LogP contribution >= 0.6 is 11.6 Å². The molecule has 36 heavy (non-hydrogen) atoms. The maximum Gasteiger partial charge on any atom is 0.141 e. The van der Waals surface area contributed by atoms with Gasteiger partial charge in [0, 0.05) is 60.0 Å². The minimum atomic E-state index is -0.192. The van der Waals surface area contributed by atoms with Crippen molar-refractivity contribution < 1.29 is 13.9 Å². The number of fused-ring (bicyclic) bond motifs is 1. The lowest BCUT2D eigenvalue weighted by molar-refractivity contribution is 0.373. The van der Waals surface area contributed by atoms with Gasteiger partial charge in [0.25, 0.3) is 0 Å². The van der Waals surface area contributed by atoms with E-state index in [9.17, 15) is 4.39 Å². The SMILES string of the molecule is COc1cc(OC)c(-c2cn3ccc(N(Cc4ccccc4F)[C@H]4CC[C@@H](N)CC4)cc3n2)cc1Cl. The molecule has 0 saturated heterocycles. The molecule has 2 aromatic carbocycles. The lowest BCUT2D eigenvalue weighted by Gasteiger charge is -2.38. The van der Waals surface area contributed by atoms with Crippen LogP contribution in [0.4, 0.5) is 10.1 Å². The highest BCUT2D eigenvalue weighted by molar-refractivity contribution is 6.32. The molecule has 0 bridgehead atoms. The molecule has 4 aromatic rings. The third-order valence-electron chi connectivity index (χ3n) is 7.01. The maximum absolute atomic E-state index is 14.6. The third kappa shape index (κ3) is 4.86. The van der Waals surface area contributed by atoms with Crippen molar-refractivity contribution in [3.05, 3.63) is 77.3 Å². The number of nitrogens with two attached hydrogens (primary N) is 1. The van der Waals surface area contributed by atoms with Crippen molar-refractivity contribution in [3.63, 3.8) is 0 Å². The van der Waals surface area contributed by atoms with Crippen LogP contribution in [0.1, 0.15) is 31.2 Å². The van der Waals surface area contributed by atoms with Gasteiger partial charge < -0.3 is 24.5 Å². The molecule has 188 valence electrons. The van der Waals surface area contributed by atoms with Gasteiger partial charge in [0.2, 0.25) is 0 Å². The third-order valence-corrected chi connectivity index (χ3v) is 7.30. The molecule has 1 fully saturated rings. The van der Waals surface area contributed by atoms with Crippen LogP contribution in [0.5, 0.6) is 11.5 Å². The molecular formula is C28H30ClFN4O2. The van der Waals surface area contributed by atoms with Crippen LogP contribution in [0.3, 0.4) is 0 Å². The Balaban J connectivity index is 1.53. The number of aromatic nitrogens is 2. The number of pyridine rings is 1. The zero-order valence-electron chi connectivity index (χ0n) is 20.5. The van der Waals surface area contributed by atoms with Crippen molar-refractivity contribution in [1.29, 1.82) is 0 Å². The van der Waals surface area contributed by atoms with E-state index < -0.39 is 0 Å². The average molecular weight is 509 g/mol. The molecule has 1 aliphatic carbocycles. The van der Waals surface area contributed by atoms with Crippen LogP contribution in [-0.2, 0) is 6.54 Å². The number of nitrogens with zero attached hydrogens (tertiary/aromatic N) is 3. The Kier molecular flexibility index (Phi) is 7.03. The van der Waals surface area contributed by atoms with E-state index in [2.05, 4.69) is 17.0 Å². The summed E-state index contributed by atoms with van der Waals surface area (Å²) in [5.41, 5.74) is 10.1. The summed E-state index contributed by atoms with van der Waals surface area (Å²) in [6.45, 7) is 0.484. The predicted octanol–water partition coefficient (Wildman–Crippen LogP) is 6.09. The number of anilines is 1. The van der Waals surface area contributed by atoms with E-state index in [4.69, 9.17) is 31.8 Å². The molecule has 0 unspecified atom stereocenters. The topological polar surface area (TPSA) is 65.0 Å². The standard InChI is InChI=1S/C28H30ClFN4O2/c1-35-26-15-27(36-2)23(29)14-22(26)25-17-33-12-11-21(13-28(33)32-25)34(20-9-7-19(31)8-10-20)16-18-5-3-4-6-24(18)30/h3-6,11-15,17,19-20H,7-10,16,31H2,1-2H3/t19-,20+. The second-order valence-corrected chi connectivity index (χ2v) is 9.66. The van der Waals surface area contributed by atoms with E-state index in [1.807, 2.05) is 28.9 Å². The predicted molar refractivity (Wildman–Crippen MR) is 142 cm³/mol. The van der Waals surface area contributed by atoms with E-state index in [-0.39, 0.29) is 17.9 Å². The summed E-state index contributed by atoms with van der Waals surface area (Å²) in [5.74, 6) is 0.974. The van der Waals surface area contributed by atoms with Crippen molar-refractivity contribution in [2.24, 2.45) is 5.73 Å². The van der Waals surface area contributed by atoms with Crippen molar-refractivity contribution in [2.45, 2.75) is 44.3 Å². The molecule has 1 aliphatic rings. The van der Waals surface area contributed by atoms with Gasteiger partial charge in [-0.1, -0.05) is 29.8 Å². The Morgan fingerprint density at radius 1 is 1.06 bits per heavy atom. The van der Waals surface area contributed by atoms with Crippen LogP contribution in [0.25, 0.3) is 16.9 Å². The normalized spacial score (nSPS) is 17.8. The van der Waals surface area contributed by atoms with Crippen molar-refractivity contribution in [2.75, 3.05) is 19.1 Å². The number of hydrogen-bond donors (Lipinski definition) is 1. The monoisotopic (exact) mass is 508 g/mol. The maximum atomic E-state index is 14.6. The van der Waals surface area contributed by atoms with Crippen LogP contribution in [0.15, 0.2) is 60.9 Å².